The van der Waals surface area contributed by atoms with Gasteiger partial charge in [-0.3, -0.25) is 9.69 Å². The predicted molar refractivity (Wildman–Crippen MR) is 109 cm³/mol. The Labute approximate surface area is 166 Å². The average Bonchev–Trinajstić information content (AvgIpc) is 2.76. The number of hydrogen-bond acceptors (Lipinski definition) is 4. The molecule has 0 atom stereocenters. The maximum atomic E-state index is 13.4. The van der Waals surface area contributed by atoms with Crippen LogP contribution in [0.15, 0.2) is 54.6 Å². The van der Waals surface area contributed by atoms with Crippen LogP contribution in [0.1, 0.15) is 24.0 Å². The molecule has 0 aliphatic carbocycles. The molecule has 2 fully saturated rings. The third-order valence-electron chi connectivity index (χ3n) is 5.80. The summed E-state index contributed by atoms with van der Waals surface area (Å²) in [7, 11) is 0. The number of rotatable bonds is 5. The normalized spacial score (nSPS) is 19.9. The van der Waals surface area contributed by atoms with Crippen molar-refractivity contribution in [3.05, 3.63) is 65.7 Å². The zero-order valence-corrected chi connectivity index (χ0v) is 16.2. The minimum atomic E-state index is -0.528. The van der Waals surface area contributed by atoms with Crippen molar-refractivity contribution >= 4 is 11.6 Å². The van der Waals surface area contributed by atoms with Crippen molar-refractivity contribution in [2.24, 2.45) is 0 Å². The molecule has 148 valence electrons. The maximum Gasteiger partial charge on any atom is 0.235 e. The third kappa shape index (κ3) is 4.27. The molecule has 4 rings (SSSR count). The number of anilines is 1. The van der Waals surface area contributed by atoms with E-state index in [1.165, 1.54) is 5.56 Å². The van der Waals surface area contributed by atoms with Crippen molar-refractivity contribution < 1.29 is 14.3 Å². The number of carbonyl (C=O) groups excluding carboxylic acids is 1. The van der Waals surface area contributed by atoms with Crippen LogP contribution in [0.2, 0.25) is 0 Å². The topological polar surface area (TPSA) is 50.8 Å². The molecule has 0 bridgehead atoms. The van der Waals surface area contributed by atoms with Gasteiger partial charge < -0.3 is 14.8 Å². The van der Waals surface area contributed by atoms with E-state index >= 15 is 0 Å². The summed E-state index contributed by atoms with van der Waals surface area (Å²) in [4.78, 5) is 15.8. The van der Waals surface area contributed by atoms with Crippen LogP contribution in [0, 0.1) is 0 Å². The van der Waals surface area contributed by atoms with E-state index in [0.29, 0.717) is 26.1 Å². The van der Waals surface area contributed by atoms with Gasteiger partial charge in [0.2, 0.25) is 5.91 Å². The van der Waals surface area contributed by atoms with Crippen molar-refractivity contribution in [3.8, 4) is 0 Å². The highest BCUT2D eigenvalue weighted by Gasteiger charge is 2.41. The van der Waals surface area contributed by atoms with Gasteiger partial charge >= 0.3 is 0 Å². The lowest BCUT2D eigenvalue weighted by molar-refractivity contribution is -0.125. The van der Waals surface area contributed by atoms with Gasteiger partial charge in [0.05, 0.1) is 18.6 Å². The molecule has 28 heavy (non-hydrogen) atoms. The van der Waals surface area contributed by atoms with E-state index in [2.05, 4.69) is 34.5 Å². The second-order valence-corrected chi connectivity index (χ2v) is 7.60. The van der Waals surface area contributed by atoms with Crippen molar-refractivity contribution in [2.45, 2.75) is 24.8 Å². The van der Waals surface area contributed by atoms with Crippen molar-refractivity contribution in [2.75, 3.05) is 44.8 Å². The van der Waals surface area contributed by atoms with E-state index < -0.39 is 5.41 Å². The first-order valence-electron chi connectivity index (χ1n) is 10.1. The molecule has 2 aromatic rings. The number of morpholine rings is 1. The Morgan fingerprint density at radius 3 is 2.39 bits per heavy atom. The molecule has 1 amide bonds. The number of ether oxygens (including phenoxy) is 2. The summed E-state index contributed by atoms with van der Waals surface area (Å²) in [5, 5.41) is 3.19. The highest BCUT2D eigenvalue weighted by molar-refractivity contribution is 5.99. The highest BCUT2D eigenvalue weighted by Crippen LogP contribution is 2.36. The number of carbonyl (C=O) groups is 1. The summed E-state index contributed by atoms with van der Waals surface area (Å²) in [6, 6.07) is 18.3. The average molecular weight is 380 g/mol. The Morgan fingerprint density at radius 1 is 0.929 bits per heavy atom. The van der Waals surface area contributed by atoms with Gasteiger partial charge in [-0.05, 0) is 36.1 Å². The fraction of sp³-hybridized carbons (Fsp3) is 0.435. The molecule has 2 saturated heterocycles. The summed E-state index contributed by atoms with van der Waals surface area (Å²) >= 11 is 0. The van der Waals surface area contributed by atoms with Gasteiger partial charge in [-0.25, -0.2) is 0 Å². The largest absolute Gasteiger partial charge is 0.381 e. The molecule has 2 heterocycles. The lowest BCUT2D eigenvalue weighted by Crippen LogP contribution is -2.44. The van der Waals surface area contributed by atoms with Crippen molar-refractivity contribution in [3.63, 3.8) is 0 Å². The molecule has 2 aromatic carbocycles. The van der Waals surface area contributed by atoms with Gasteiger partial charge in [-0.2, -0.15) is 0 Å². The molecule has 0 unspecified atom stereocenters. The second-order valence-electron chi connectivity index (χ2n) is 7.60. The van der Waals surface area contributed by atoms with Crippen LogP contribution in [0.4, 0.5) is 5.69 Å². The standard InChI is InChI=1S/C23H28N2O3/c26-22(23(9-13-27-14-10-23)20-6-2-1-3-7-20)24-21-8-4-5-19(17-21)18-25-11-15-28-16-12-25/h1-8,17H,9-16,18H2,(H,24,26). The molecule has 0 spiro atoms. The summed E-state index contributed by atoms with van der Waals surface area (Å²) in [6.45, 7) is 5.58. The van der Waals surface area contributed by atoms with Crippen LogP contribution in [0.25, 0.3) is 0 Å². The molecule has 0 aromatic heterocycles. The summed E-state index contributed by atoms with van der Waals surface area (Å²) in [6.07, 6.45) is 1.41. The fourth-order valence-corrected chi connectivity index (χ4v) is 4.14. The van der Waals surface area contributed by atoms with E-state index in [0.717, 1.165) is 44.1 Å². The molecule has 2 aliphatic heterocycles. The third-order valence-corrected chi connectivity index (χ3v) is 5.80. The number of nitrogens with zero attached hydrogens (tertiary/aromatic N) is 1. The van der Waals surface area contributed by atoms with Gasteiger partial charge in [0.15, 0.2) is 0 Å². The molecule has 5 nitrogen and oxygen atoms in total. The molecule has 0 radical (unpaired) electrons. The zero-order chi connectivity index (χ0) is 19.2. The number of amides is 1. The van der Waals surface area contributed by atoms with Crippen molar-refractivity contribution in [1.29, 1.82) is 0 Å². The zero-order valence-electron chi connectivity index (χ0n) is 16.2. The lowest BCUT2D eigenvalue weighted by atomic mass is 9.73. The van der Waals surface area contributed by atoms with E-state index in [1.807, 2.05) is 30.3 Å². The van der Waals surface area contributed by atoms with Crippen LogP contribution in [-0.2, 0) is 26.2 Å². The van der Waals surface area contributed by atoms with Crippen molar-refractivity contribution in [1.82, 2.24) is 4.90 Å². The Balaban J connectivity index is 1.50. The van der Waals surface area contributed by atoms with Crippen LogP contribution < -0.4 is 5.32 Å². The van der Waals surface area contributed by atoms with Crippen LogP contribution >= 0.6 is 0 Å². The van der Waals surface area contributed by atoms with Gasteiger partial charge in [0.25, 0.3) is 0 Å². The molecular weight excluding hydrogens is 352 g/mol. The van der Waals surface area contributed by atoms with Gasteiger partial charge in [0.1, 0.15) is 0 Å². The first-order chi connectivity index (χ1) is 13.8. The van der Waals surface area contributed by atoms with E-state index in [1.54, 1.807) is 0 Å². The summed E-state index contributed by atoms with van der Waals surface area (Å²) in [5.41, 5.74) is 2.61. The first-order valence-corrected chi connectivity index (χ1v) is 10.1. The quantitative estimate of drug-likeness (QED) is 0.865. The minimum absolute atomic E-state index is 0.0607. The number of hydrogen-bond donors (Lipinski definition) is 1. The highest BCUT2D eigenvalue weighted by atomic mass is 16.5. The fourth-order valence-electron chi connectivity index (χ4n) is 4.14. The Kier molecular flexibility index (Phi) is 6.05. The Hall–Kier alpha value is -2.21. The molecule has 1 N–H and O–H groups in total. The smallest absolute Gasteiger partial charge is 0.235 e. The van der Waals surface area contributed by atoms with Gasteiger partial charge in [0, 0.05) is 38.5 Å². The summed E-state index contributed by atoms with van der Waals surface area (Å²) < 4.78 is 11.0. The molecule has 5 heteroatoms. The molecule has 0 saturated carbocycles. The Morgan fingerprint density at radius 2 is 1.64 bits per heavy atom. The second kappa shape index (κ2) is 8.86. The summed E-state index contributed by atoms with van der Waals surface area (Å²) in [5.74, 6) is 0.0607. The lowest BCUT2D eigenvalue weighted by Gasteiger charge is -2.36. The number of benzene rings is 2. The van der Waals surface area contributed by atoms with Crippen LogP contribution in [0.5, 0.6) is 0 Å². The van der Waals surface area contributed by atoms with Gasteiger partial charge in [-0.1, -0.05) is 42.5 Å². The molecular formula is C23H28N2O3. The number of nitrogens with one attached hydrogen (secondary N) is 1. The van der Waals surface area contributed by atoms with E-state index in [-0.39, 0.29) is 5.91 Å². The van der Waals surface area contributed by atoms with E-state index in [4.69, 9.17) is 9.47 Å². The maximum absolute atomic E-state index is 13.4. The first kappa shape index (κ1) is 19.1. The van der Waals surface area contributed by atoms with Crippen LogP contribution in [0.3, 0.4) is 0 Å². The molecule has 2 aliphatic rings. The monoisotopic (exact) mass is 380 g/mol. The SMILES string of the molecule is O=C(Nc1cccc(CN2CCOCC2)c1)C1(c2ccccc2)CCOCC1. The minimum Gasteiger partial charge on any atom is -0.381 e. The van der Waals surface area contributed by atoms with E-state index in [9.17, 15) is 4.79 Å². The van der Waals surface area contributed by atoms with Crippen LogP contribution in [-0.4, -0.2) is 50.3 Å². The Bertz CT molecular complexity index is 781. The van der Waals surface area contributed by atoms with Gasteiger partial charge in [-0.15, -0.1) is 0 Å². The predicted octanol–water partition coefficient (Wildman–Crippen LogP) is 3.21.